The molecule has 0 aromatic heterocycles. The van der Waals surface area contributed by atoms with Gasteiger partial charge in [0.1, 0.15) is 10.6 Å². The number of aliphatic hydroxyl groups is 1. The standard InChI is InChI=1S/C19H23N3O7S2/c1-12(23)21-14-5-8-18(29-2)19(9-14)31(27,28)22(15-6-3-13(20)4-7-15)16-10-30(25,26)11-17(16)24/h3-9,16-17,24H,10-11,20H2,1-2H3,(H,21,23)/t16-,17+/m1/s1. The number of ether oxygens (including phenoxy) is 1. The zero-order valence-corrected chi connectivity index (χ0v) is 18.5. The highest BCUT2D eigenvalue weighted by Crippen LogP contribution is 2.36. The Labute approximate surface area is 180 Å². The first-order valence-electron chi connectivity index (χ1n) is 9.19. The summed E-state index contributed by atoms with van der Waals surface area (Å²) in [7, 11) is -6.81. The van der Waals surface area contributed by atoms with Crippen LogP contribution in [0.2, 0.25) is 0 Å². The molecule has 168 valence electrons. The predicted octanol–water partition coefficient (Wildman–Crippen LogP) is 0.589. The van der Waals surface area contributed by atoms with Crippen molar-refractivity contribution in [2.75, 3.05) is 34.0 Å². The van der Waals surface area contributed by atoms with E-state index >= 15 is 0 Å². The smallest absolute Gasteiger partial charge is 0.268 e. The van der Waals surface area contributed by atoms with Gasteiger partial charge in [-0.15, -0.1) is 0 Å². The monoisotopic (exact) mass is 469 g/mol. The van der Waals surface area contributed by atoms with E-state index in [4.69, 9.17) is 10.5 Å². The number of sulfonamides is 1. The van der Waals surface area contributed by atoms with Crippen molar-refractivity contribution in [2.24, 2.45) is 0 Å². The lowest BCUT2D eigenvalue weighted by atomic mass is 10.2. The third kappa shape index (κ3) is 4.75. The SMILES string of the molecule is COc1ccc(NC(C)=O)cc1S(=O)(=O)N(c1ccc(N)cc1)[C@@H]1CS(=O)(=O)C[C@@H]1O. The van der Waals surface area contributed by atoms with E-state index in [0.29, 0.717) is 5.69 Å². The topological polar surface area (TPSA) is 156 Å². The Balaban J connectivity index is 2.21. The number of carbonyl (C=O) groups is 1. The van der Waals surface area contributed by atoms with Crippen LogP contribution in [0.25, 0.3) is 0 Å². The van der Waals surface area contributed by atoms with Crippen LogP contribution in [0.1, 0.15) is 6.92 Å². The van der Waals surface area contributed by atoms with Gasteiger partial charge in [-0.2, -0.15) is 0 Å². The average Bonchev–Trinajstić information content (AvgIpc) is 2.94. The number of nitrogen functional groups attached to an aromatic ring is 1. The molecule has 1 aliphatic heterocycles. The number of anilines is 3. The largest absolute Gasteiger partial charge is 0.495 e. The second-order valence-electron chi connectivity index (χ2n) is 7.15. The molecule has 4 N–H and O–H groups in total. The van der Waals surface area contributed by atoms with Crippen molar-refractivity contribution in [3.8, 4) is 5.75 Å². The molecule has 10 nitrogen and oxygen atoms in total. The van der Waals surface area contributed by atoms with Crippen LogP contribution in [0.4, 0.5) is 17.1 Å². The van der Waals surface area contributed by atoms with Crippen LogP contribution in [0, 0.1) is 0 Å². The van der Waals surface area contributed by atoms with E-state index in [1.165, 1.54) is 56.5 Å². The van der Waals surface area contributed by atoms with Crippen molar-refractivity contribution < 1.29 is 31.5 Å². The van der Waals surface area contributed by atoms with Gasteiger partial charge < -0.3 is 20.9 Å². The molecule has 12 heteroatoms. The van der Waals surface area contributed by atoms with Gasteiger partial charge in [0.15, 0.2) is 9.84 Å². The van der Waals surface area contributed by atoms with Crippen molar-refractivity contribution in [1.29, 1.82) is 0 Å². The third-order valence-electron chi connectivity index (χ3n) is 4.76. The average molecular weight is 470 g/mol. The maximum atomic E-state index is 13.8. The van der Waals surface area contributed by atoms with Crippen molar-refractivity contribution in [3.63, 3.8) is 0 Å². The first kappa shape index (κ1) is 22.8. The Hall–Kier alpha value is -2.83. The molecule has 0 radical (unpaired) electrons. The molecule has 1 aliphatic rings. The van der Waals surface area contributed by atoms with Gasteiger partial charge in [0.25, 0.3) is 10.0 Å². The van der Waals surface area contributed by atoms with Crippen LogP contribution >= 0.6 is 0 Å². The molecule has 1 saturated heterocycles. The van der Waals surface area contributed by atoms with Gasteiger partial charge in [0.2, 0.25) is 5.91 Å². The number of nitrogens with two attached hydrogens (primary N) is 1. The zero-order chi connectivity index (χ0) is 23.0. The van der Waals surface area contributed by atoms with Gasteiger partial charge in [-0.3, -0.25) is 9.10 Å². The third-order valence-corrected chi connectivity index (χ3v) is 8.34. The molecule has 0 spiro atoms. The minimum Gasteiger partial charge on any atom is -0.495 e. The molecule has 1 heterocycles. The molecule has 2 aromatic carbocycles. The summed E-state index contributed by atoms with van der Waals surface area (Å²) in [5.41, 5.74) is 6.43. The van der Waals surface area contributed by atoms with E-state index in [-0.39, 0.29) is 22.0 Å². The Morgan fingerprint density at radius 2 is 1.84 bits per heavy atom. The highest BCUT2D eigenvalue weighted by molar-refractivity contribution is 7.93. The Morgan fingerprint density at radius 1 is 1.19 bits per heavy atom. The molecule has 3 rings (SSSR count). The molecule has 0 unspecified atom stereocenters. The summed E-state index contributed by atoms with van der Waals surface area (Å²) >= 11 is 0. The Kier molecular flexibility index (Phi) is 6.16. The van der Waals surface area contributed by atoms with E-state index in [1.807, 2.05) is 0 Å². The lowest BCUT2D eigenvalue weighted by Gasteiger charge is -2.32. The van der Waals surface area contributed by atoms with E-state index in [9.17, 15) is 26.7 Å². The molecule has 1 amide bonds. The number of rotatable bonds is 6. The lowest BCUT2D eigenvalue weighted by molar-refractivity contribution is -0.114. The molecule has 0 aliphatic carbocycles. The summed E-state index contributed by atoms with van der Waals surface area (Å²) in [5.74, 6) is -1.51. The molecule has 2 atom stereocenters. The number of hydrogen-bond donors (Lipinski definition) is 3. The van der Waals surface area contributed by atoms with Crippen molar-refractivity contribution >= 4 is 42.8 Å². The van der Waals surface area contributed by atoms with Crippen LogP contribution < -0.4 is 20.1 Å². The Morgan fingerprint density at radius 3 is 2.35 bits per heavy atom. The lowest BCUT2D eigenvalue weighted by Crippen LogP contribution is -2.47. The molecule has 31 heavy (non-hydrogen) atoms. The van der Waals surface area contributed by atoms with Gasteiger partial charge in [-0.25, -0.2) is 16.8 Å². The number of benzene rings is 2. The summed E-state index contributed by atoms with van der Waals surface area (Å²) in [6.45, 7) is 1.28. The molecular weight excluding hydrogens is 446 g/mol. The number of amides is 1. The van der Waals surface area contributed by atoms with Gasteiger partial charge in [0.05, 0.1) is 36.4 Å². The second-order valence-corrected chi connectivity index (χ2v) is 11.1. The first-order chi connectivity index (χ1) is 14.4. The van der Waals surface area contributed by atoms with Gasteiger partial charge in [-0.05, 0) is 42.5 Å². The maximum Gasteiger partial charge on any atom is 0.268 e. The zero-order valence-electron chi connectivity index (χ0n) is 16.8. The van der Waals surface area contributed by atoms with Crippen LogP contribution in [0.5, 0.6) is 5.75 Å². The quantitative estimate of drug-likeness (QED) is 0.519. The number of nitrogens with zero attached hydrogens (tertiary/aromatic N) is 1. The van der Waals surface area contributed by atoms with Crippen molar-refractivity contribution in [1.82, 2.24) is 0 Å². The molecule has 0 saturated carbocycles. The van der Waals surface area contributed by atoms with Crippen molar-refractivity contribution in [3.05, 3.63) is 42.5 Å². The number of sulfone groups is 1. The van der Waals surface area contributed by atoms with E-state index in [0.717, 1.165) is 4.31 Å². The van der Waals surface area contributed by atoms with Gasteiger partial charge in [0, 0.05) is 18.3 Å². The Bertz CT molecular complexity index is 1200. The number of hydrogen-bond acceptors (Lipinski definition) is 8. The van der Waals surface area contributed by atoms with Crippen LogP contribution in [0.15, 0.2) is 47.4 Å². The summed E-state index contributed by atoms with van der Waals surface area (Å²) in [5, 5.41) is 12.9. The number of aliphatic hydroxyl groups excluding tert-OH is 1. The molecule has 1 fully saturated rings. The van der Waals surface area contributed by atoms with Gasteiger partial charge >= 0.3 is 0 Å². The fourth-order valence-electron chi connectivity index (χ4n) is 3.43. The summed E-state index contributed by atoms with van der Waals surface area (Å²) in [6, 6.07) is 8.60. The normalized spacial score (nSPS) is 20.2. The number of carbonyl (C=O) groups excluding carboxylic acids is 1. The van der Waals surface area contributed by atoms with Crippen LogP contribution in [-0.2, 0) is 24.7 Å². The predicted molar refractivity (Wildman–Crippen MR) is 116 cm³/mol. The van der Waals surface area contributed by atoms with E-state index in [2.05, 4.69) is 5.32 Å². The second kappa shape index (κ2) is 8.36. The summed E-state index contributed by atoms with van der Waals surface area (Å²) < 4.78 is 57.9. The fraction of sp³-hybridized carbons (Fsp3) is 0.316. The van der Waals surface area contributed by atoms with Crippen molar-refractivity contribution in [2.45, 2.75) is 24.0 Å². The molecule has 2 aromatic rings. The minimum absolute atomic E-state index is 0.00936. The van der Waals surface area contributed by atoms with Crippen LogP contribution in [-0.4, -0.2) is 58.6 Å². The van der Waals surface area contributed by atoms with E-state index in [1.54, 1.807) is 0 Å². The highest BCUT2D eigenvalue weighted by atomic mass is 32.2. The van der Waals surface area contributed by atoms with Gasteiger partial charge in [-0.1, -0.05) is 0 Å². The molecule has 0 bridgehead atoms. The highest BCUT2D eigenvalue weighted by Gasteiger charge is 2.45. The maximum absolute atomic E-state index is 13.8. The minimum atomic E-state index is -4.44. The number of methoxy groups -OCH3 is 1. The number of nitrogens with one attached hydrogen (secondary N) is 1. The first-order valence-corrected chi connectivity index (χ1v) is 12.4. The fourth-order valence-corrected chi connectivity index (χ4v) is 7.16. The molecular formula is C19H23N3O7S2. The summed E-state index contributed by atoms with van der Waals surface area (Å²) in [6.07, 6.45) is -1.43. The summed E-state index contributed by atoms with van der Waals surface area (Å²) in [4.78, 5) is 11.1. The van der Waals surface area contributed by atoms with E-state index < -0.39 is 49.4 Å². The van der Waals surface area contributed by atoms with Crippen LogP contribution in [0.3, 0.4) is 0 Å².